The lowest BCUT2D eigenvalue weighted by atomic mass is 10.2. The molecular formula is C14H15BrN4OS. The highest BCUT2D eigenvalue weighted by Crippen LogP contribution is 2.21. The molecule has 7 heteroatoms. The number of nitrogens with zero attached hydrogens (tertiary/aromatic N) is 4. The Bertz CT molecular complexity index is 652. The van der Waals surface area contributed by atoms with Crippen LogP contribution in [0.4, 0.5) is 5.13 Å². The predicted octanol–water partition coefficient (Wildman–Crippen LogP) is 2.57. The summed E-state index contributed by atoms with van der Waals surface area (Å²) in [5, 5.41) is 10.1. The van der Waals surface area contributed by atoms with E-state index in [-0.39, 0.29) is 5.91 Å². The number of halogens is 1. The third-order valence-corrected chi connectivity index (χ3v) is 4.82. The van der Waals surface area contributed by atoms with Crippen LogP contribution in [0.1, 0.15) is 15.4 Å². The molecular weight excluding hydrogens is 352 g/mol. The van der Waals surface area contributed by atoms with Crippen LogP contribution in [0, 0.1) is 6.92 Å². The first-order valence-corrected chi connectivity index (χ1v) is 8.34. The lowest BCUT2D eigenvalue weighted by molar-refractivity contribution is 0.0746. The number of aromatic nitrogens is 2. The summed E-state index contributed by atoms with van der Waals surface area (Å²) in [6.45, 7) is 4.98. The van der Waals surface area contributed by atoms with Crippen LogP contribution < -0.4 is 4.90 Å². The van der Waals surface area contributed by atoms with Crippen molar-refractivity contribution in [3.8, 4) is 0 Å². The monoisotopic (exact) mass is 366 g/mol. The summed E-state index contributed by atoms with van der Waals surface area (Å²) in [6, 6.07) is 7.53. The molecule has 3 rings (SSSR count). The Morgan fingerprint density at radius 2 is 2.00 bits per heavy atom. The summed E-state index contributed by atoms with van der Waals surface area (Å²) >= 11 is 5.00. The highest BCUT2D eigenvalue weighted by Gasteiger charge is 2.23. The second-order valence-corrected chi connectivity index (χ2v) is 6.97. The van der Waals surface area contributed by atoms with Crippen LogP contribution in [-0.4, -0.2) is 47.2 Å². The Morgan fingerprint density at radius 3 is 2.62 bits per heavy atom. The Hall–Kier alpha value is -1.47. The summed E-state index contributed by atoms with van der Waals surface area (Å²) in [6.07, 6.45) is 0. The van der Waals surface area contributed by atoms with Gasteiger partial charge >= 0.3 is 0 Å². The molecule has 110 valence electrons. The van der Waals surface area contributed by atoms with Gasteiger partial charge in [0.1, 0.15) is 5.01 Å². The van der Waals surface area contributed by atoms with Crippen molar-refractivity contribution in [3.05, 3.63) is 39.3 Å². The maximum atomic E-state index is 12.5. The van der Waals surface area contributed by atoms with Crippen molar-refractivity contribution in [2.24, 2.45) is 0 Å². The number of hydrogen-bond donors (Lipinski definition) is 0. The van der Waals surface area contributed by atoms with Crippen molar-refractivity contribution in [2.45, 2.75) is 6.92 Å². The van der Waals surface area contributed by atoms with Gasteiger partial charge in [0.2, 0.25) is 5.13 Å². The minimum Gasteiger partial charge on any atom is -0.343 e. The zero-order valence-corrected chi connectivity index (χ0v) is 14.0. The molecule has 0 saturated carbocycles. The molecule has 0 atom stereocenters. The van der Waals surface area contributed by atoms with Crippen LogP contribution in [0.3, 0.4) is 0 Å². The van der Waals surface area contributed by atoms with E-state index in [0.29, 0.717) is 13.1 Å². The second kappa shape index (κ2) is 6.11. The number of amides is 1. The number of carbonyl (C=O) groups is 1. The van der Waals surface area contributed by atoms with E-state index >= 15 is 0 Å². The Kier molecular flexibility index (Phi) is 4.21. The number of aryl methyl sites for hydroxylation is 1. The summed E-state index contributed by atoms with van der Waals surface area (Å²) in [4.78, 5) is 16.5. The molecule has 1 amide bonds. The Balaban J connectivity index is 1.64. The van der Waals surface area contributed by atoms with E-state index < -0.39 is 0 Å². The maximum absolute atomic E-state index is 12.5. The number of carbonyl (C=O) groups excluding carboxylic acids is 1. The third-order valence-electron chi connectivity index (χ3n) is 3.42. The van der Waals surface area contributed by atoms with Crippen LogP contribution in [0.5, 0.6) is 0 Å². The number of rotatable bonds is 2. The summed E-state index contributed by atoms with van der Waals surface area (Å²) in [5.74, 6) is 0.0874. The van der Waals surface area contributed by atoms with Crippen molar-refractivity contribution < 1.29 is 4.79 Å². The summed E-state index contributed by atoms with van der Waals surface area (Å²) in [5.41, 5.74) is 0.726. The SMILES string of the molecule is Cc1nnc(N2CCN(C(=O)c3cccc(Br)c3)CC2)s1. The van der Waals surface area contributed by atoms with Crippen molar-refractivity contribution in [3.63, 3.8) is 0 Å². The fourth-order valence-electron chi connectivity index (χ4n) is 2.32. The predicted molar refractivity (Wildman–Crippen MR) is 86.9 cm³/mol. The minimum atomic E-state index is 0.0874. The largest absolute Gasteiger partial charge is 0.343 e. The number of piperazine rings is 1. The van der Waals surface area contributed by atoms with Crippen LogP contribution in [0.15, 0.2) is 28.7 Å². The molecule has 1 saturated heterocycles. The molecule has 1 fully saturated rings. The molecule has 0 bridgehead atoms. The molecule has 1 aliphatic heterocycles. The van der Waals surface area contributed by atoms with E-state index in [2.05, 4.69) is 31.0 Å². The van der Waals surface area contributed by atoms with E-state index in [1.807, 2.05) is 36.1 Å². The minimum absolute atomic E-state index is 0.0874. The van der Waals surface area contributed by atoms with Crippen LogP contribution >= 0.6 is 27.3 Å². The zero-order chi connectivity index (χ0) is 14.8. The smallest absolute Gasteiger partial charge is 0.254 e. The highest BCUT2D eigenvalue weighted by molar-refractivity contribution is 9.10. The molecule has 21 heavy (non-hydrogen) atoms. The second-order valence-electron chi connectivity index (χ2n) is 4.89. The van der Waals surface area contributed by atoms with E-state index in [1.54, 1.807) is 11.3 Å². The standard InChI is InChI=1S/C14H15BrN4OS/c1-10-16-17-14(21-10)19-7-5-18(6-8-19)13(20)11-3-2-4-12(15)9-11/h2-4,9H,5-8H2,1H3. The first kappa shape index (κ1) is 14.5. The van der Waals surface area contributed by atoms with Gasteiger partial charge in [0.05, 0.1) is 0 Å². The van der Waals surface area contributed by atoms with Gasteiger partial charge in [0.15, 0.2) is 0 Å². The van der Waals surface area contributed by atoms with E-state index in [9.17, 15) is 4.79 Å². The quantitative estimate of drug-likeness (QED) is 0.819. The zero-order valence-electron chi connectivity index (χ0n) is 11.6. The van der Waals surface area contributed by atoms with E-state index in [4.69, 9.17) is 0 Å². The third kappa shape index (κ3) is 3.24. The molecule has 0 aliphatic carbocycles. The average molecular weight is 367 g/mol. The molecule has 5 nitrogen and oxygen atoms in total. The maximum Gasteiger partial charge on any atom is 0.254 e. The van der Waals surface area contributed by atoms with Gasteiger partial charge in [0.25, 0.3) is 5.91 Å². The fourth-order valence-corrected chi connectivity index (χ4v) is 3.46. The molecule has 2 heterocycles. The van der Waals surface area contributed by atoms with Gasteiger partial charge in [-0.2, -0.15) is 0 Å². The van der Waals surface area contributed by atoms with Crippen molar-refractivity contribution >= 4 is 38.3 Å². The van der Waals surface area contributed by atoms with Crippen LogP contribution in [0.25, 0.3) is 0 Å². The summed E-state index contributed by atoms with van der Waals surface area (Å²) < 4.78 is 0.927. The van der Waals surface area contributed by atoms with Crippen LogP contribution in [-0.2, 0) is 0 Å². The Labute approximate surface area is 135 Å². The van der Waals surface area contributed by atoms with E-state index in [1.165, 1.54) is 0 Å². The molecule has 0 N–H and O–H groups in total. The average Bonchev–Trinajstić information content (AvgIpc) is 2.93. The van der Waals surface area contributed by atoms with Gasteiger partial charge in [-0.25, -0.2) is 0 Å². The van der Waals surface area contributed by atoms with Gasteiger partial charge in [0, 0.05) is 36.2 Å². The van der Waals surface area contributed by atoms with Crippen LogP contribution in [0.2, 0.25) is 0 Å². The lowest BCUT2D eigenvalue weighted by Gasteiger charge is -2.34. The molecule has 0 spiro atoms. The summed E-state index contributed by atoms with van der Waals surface area (Å²) in [7, 11) is 0. The number of anilines is 1. The lowest BCUT2D eigenvalue weighted by Crippen LogP contribution is -2.48. The fraction of sp³-hybridized carbons (Fsp3) is 0.357. The highest BCUT2D eigenvalue weighted by atomic mass is 79.9. The van der Waals surface area contributed by atoms with Crippen molar-refractivity contribution in [1.82, 2.24) is 15.1 Å². The molecule has 0 radical (unpaired) electrons. The first-order valence-electron chi connectivity index (χ1n) is 6.73. The molecule has 0 unspecified atom stereocenters. The molecule has 1 aliphatic rings. The van der Waals surface area contributed by atoms with Crippen molar-refractivity contribution in [2.75, 3.05) is 31.1 Å². The van der Waals surface area contributed by atoms with Gasteiger partial charge in [-0.05, 0) is 25.1 Å². The van der Waals surface area contributed by atoms with E-state index in [0.717, 1.165) is 33.3 Å². The van der Waals surface area contributed by atoms with Crippen molar-refractivity contribution in [1.29, 1.82) is 0 Å². The first-order chi connectivity index (χ1) is 10.1. The topological polar surface area (TPSA) is 49.3 Å². The normalized spacial score (nSPS) is 15.3. The van der Waals surface area contributed by atoms with Gasteiger partial charge in [-0.15, -0.1) is 10.2 Å². The number of hydrogen-bond acceptors (Lipinski definition) is 5. The van der Waals surface area contributed by atoms with Gasteiger partial charge < -0.3 is 9.80 Å². The Morgan fingerprint density at radius 1 is 1.24 bits per heavy atom. The molecule has 1 aromatic carbocycles. The molecule has 2 aromatic rings. The van der Waals surface area contributed by atoms with Gasteiger partial charge in [-0.3, -0.25) is 4.79 Å². The number of benzene rings is 1. The molecule has 1 aromatic heterocycles. The van der Waals surface area contributed by atoms with Gasteiger partial charge in [-0.1, -0.05) is 33.3 Å².